The van der Waals surface area contributed by atoms with E-state index in [1.54, 1.807) is 0 Å². The molecule has 1 heterocycles. The number of carbonyl (C=O) groups is 1. The largest absolute Gasteiger partial charge is 0.335 e. The lowest BCUT2D eigenvalue weighted by molar-refractivity contribution is -0.123. The average Bonchev–Trinajstić information content (AvgIpc) is 2.49. The first-order valence-corrected chi connectivity index (χ1v) is 7.10. The molecule has 0 fully saturated rings. The third-order valence-corrected chi connectivity index (χ3v) is 4.46. The first-order chi connectivity index (χ1) is 9.74. The molecule has 0 spiro atoms. The van der Waals surface area contributed by atoms with Crippen LogP contribution in [0.3, 0.4) is 0 Å². The van der Waals surface area contributed by atoms with Crippen LogP contribution in [0.4, 0.5) is 0 Å². The molecular formula is C18H19NO. The van der Waals surface area contributed by atoms with Crippen molar-refractivity contribution in [1.82, 2.24) is 4.90 Å². The SMILES string of the molecule is C[C@H]1c2ccccc2C(c2ccccc2)[C@H](C)N1C=O. The van der Waals surface area contributed by atoms with Gasteiger partial charge in [0.15, 0.2) is 0 Å². The zero-order valence-corrected chi connectivity index (χ0v) is 11.9. The molecule has 1 aliphatic heterocycles. The molecule has 1 amide bonds. The molecule has 102 valence electrons. The van der Waals surface area contributed by atoms with Crippen LogP contribution >= 0.6 is 0 Å². The lowest BCUT2D eigenvalue weighted by Gasteiger charge is -2.43. The number of nitrogens with zero attached hydrogens (tertiary/aromatic N) is 1. The minimum Gasteiger partial charge on any atom is -0.335 e. The van der Waals surface area contributed by atoms with E-state index in [1.807, 2.05) is 11.0 Å². The molecule has 3 rings (SSSR count). The Kier molecular flexibility index (Phi) is 3.31. The molecule has 2 nitrogen and oxygen atoms in total. The molecule has 0 bridgehead atoms. The van der Waals surface area contributed by atoms with Crippen molar-refractivity contribution < 1.29 is 4.79 Å². The van der Waals surface area contributed by atoms with Gasteiger partial charge in [0, 0.05) is 12.0 Å². The summed E-state index contributed by atoms with van der Waals surface area (Å²) in [6.07, 6.45) is 0.987. The summed E-state index contributed by atoms with van der Waals surface area (Å²) >= 11 is 0. The van der Waals surface area contributed by atoms with Gasteiger partial charge in [-0.25, -0.2) is 0 Å². The number of rotatable bonds is 2. The van der Waals surface area contributed by atoms with Gasteiger partial charge in [0.1, 0.15) is 0 Å². The van der Waals surface area contributed by atoms with Gasteiger partial charge in [-0.05, 0) is 30.5 Å². The number of hydrogen-bond donors (Lipinski definition) is 0. The fourth-order valence-electron chi connectivity index (χ4n) is 3.43. The standard InChI is InChI=1S/C18H19NO/c1-13-16-10-6-7-11-17(16)18(14(2)19(13)12-20)15-8-4-3-5-9-15/h3-14,18H,1-2H3/t13-,14-,18?/m0/s1. The Morgan fingerprint density at radius 2 is 1.50 bits per heavy atom. The normalized spacial score (nSPS) is 25.1. The van der Waals surface area contributed by atoms with Crippen LogP contribution < -0.4 is 0 Å². The van der Waals surface area contributed by atoms with E-state index in [1.165, 1.54) is 16.7 Å². The Morgan fingerprint density at radius 3 is 2.15 bits per heavy atom. The van der Waals surface area contributed by atoms with Gasteiger partial charge in [-0.2, -0.15) is 0 Å². The Balaban J connectivity index is 2.17. The topological polar surface area (TPSA) is 20.3 Å². The van der Waals surface area contributed by atoms with Gasteiger partial charge in [0.05, 0.1) is 6.04 Å². The zero-order chi connectivity index (χ0) is 14.1. The zero-order valence-electron chi connectivity index (χ0n) is 11.9. The van der Waals surface area contributed by atoms with Crippen LogP contribution in [0.2, 0.25) is 0 Å². The highest BCUT2D eigenvalue weighted by molar-refractivity contribution is 5.54. The number of carbonyl (C=O) groups excluding carboxylic acids is 1. The molecule has 1 unspecified atom stereocenters. The molecule has 0 aromatic heterocycles. The second-order valence-corrected chi connectivity index (χ2v) is 5.49. The lowest BCUT2D eigenvalue weighted by Crippen LogP contribution is -2.43. The van der Waals surface area contributed by atoms with Crippen LogP contribution in [0.25, 0.3) is 0 Å². The van der Waals surface area contributed by atoms with E-state index < -0.39 is 0 Å². The molecule has 1 aliphatic rings. The van der Waals surface area contributed by atoms with Crippen LogP contribution in [0, 0.1) is 0 Å². The summed E-state index contributed by atoms with van der Waals surface area (Å²) in [5.41, 5.74) is 3.87. The van der Waals surface area contributed by atoms with Gasteiger partial charge < -0.3 is 4.90 Å². The Bertz CT molecular complexity index is 608. The highest BCUT2D eigenvalue weighted by Crippen LogP contribution is 2.42. The van der Waals surface area contributed by atoms with Crippen LogP contribution in [0.15, 0.2) is 54.6 Å². The molecule has 3 atom stereocenters. The molecule has 2 aromatic rings. The predicted octanol–water partition coefficient (Wildman–Crippen LogP) is 3.74. The summed E-state index contributed by atoms with van der Waals surface area (Å²) < 4.78 is 0. The molecule has 0 aliphatic carbocycles. The summed E-state index contributed by atoms with van der Waals surface area (Å²) in [6.45, 7) is 4.24. The van der Waals surface area contributed by atoms with Crippen LogP contribution in [0.1, 0.15) is 42.5 Å². The van der Waals surface area contributed by atoms with Crippen LogP contribution in [0.5, 0.6) is 0 Å². The predicted molar refractivity (Wildman–Crippen MR) is 80.5 cm³/mol. The Hall–Kier alpha value is -2.09. The summed E-state index contributed by atoms with van der Waals surface area (Å²) in [6, 6.07) is 19.2. The molecule has 0 N–H and O–H groups in total. The van der Waals surface area contributed by atoms with E-state index in [2.05, 4.69) is 62.4 Å². The first-order valence-electron chi connectivity index (χ1n) is 7.10. The molecule has 0 saturated carbocycles. The van der Waals surface area contributed by atoms with Crippen molar-refractivity contribution in [3.8, 4) is 0 Å². The maximum absolute atomic E-state index is 11.5. The van der Waals surface area contributed by atoms with Gasteiger partial charge in [-0.1, -0.05) is 54.6 Å². The van der Waals surface area contributed by atoms with E-state index >= 15 is 0 Å². The van der Waals surface area contributed by atoms with E-state index in [0.29, 0.717) is 0 Å². The van der Waals surface area contributed by atoms with Crippen LogP contribution in [-0.2, 0) is 4.79 Å². The number of hydrogen-bond acceptors (Lipinski definition) is 1. The van der Waals surface area contributed by atoms with Crippen molar-refractivity contribution in [1.29, 1.82) is 0 Å². The minimum absolute atomic E-state index is 0.138. The Labute approximate surface area is 120 Å². The Morgan fingerprint density at radius 1 is 0.900 bits per heavy atom. The number of amides is 1. The molecule has 2 heteroatoms. The van der Waals surface area contributed by atoms with Gasteiger partial charge in [0.25, 0.3) is 0 Å². The van der Waals surface area contributed by atoms with E-state index in [4.69, 9.17) is 0 Å². The maximum Gasteiger partial charge on any atom is 0.210 e. The summed E-state index contributed by atoms with van der Waals surface area (Å²) in [4.78, 5) is 13.4. The van der Waals surface area contributed by atoms with Crippen molar-refractivity contribution >= 4 is 6.41 Å². The fourth-order valence-corrected chi connectivity index (χ4v) is 3.43. The molecule has 0 saturated heterocycles. The van der Waals surface area contributed by atoms with Gasteiger partial charge in [0.2, 0.25) is 6.41 Å². The van der Waals surface area contributed by atoms with E-state index in [9.17, 15) is 4.79 Å². The highest BCUT2D eigenvalue weighted by Gasteiger charge is 2.36. The van der Waals surface area contributed by atoms with Crippen molar-refractivity contribution in [3.05, 3.63) is 71.3 Å². The summed E-state index contributed by atoms with van der Waals surface area (Å²) in [5, 5.41) is 0. The number of fused-ring (bicyclic) bond motifs is 1. The smallest absolute Gasteiger partial charge is 0.210 e. The van der Waals surface area contributed by atoms with E-state index in [0.717, 1.165) is 6.41 Å². The molecular weight excluding hydrogens is 246 g/mol. The number of benzene rings is 2. The van der Waals surface area contributed by atoms with Gasteiger partial charge in [-0.15, -0.1) is 0 Å². The van der Waals surface area contributed by atoms with E-state index in [-0.39, 0.29) is 18.0 Å². The lowest BCUT2D eigenvalue weighted by atomic mass is 9.77. The molecule has 20 heavy (non-hydrogen) atoms. The molecule has 0 radical (unpaired) electrons. The van der Waals surface area contributed by atoms with Gasteiger partial charge >= 0.3 is 0 Å². The highest BCUT2D eigenvalue weighted by atomic mass is 16.1. The van der Waals surface area contributed by atoms with Crippen molar-refractivity contribution in [2.75, 3.05) is 0 Å². The fraction of sp³-hybridized carbons (Fsp3) is 0.278. The van der Waals surface area contributed by atoms with Crippen molar-refractivity contribution in [3.63, 3.8) is 0 Å². The second-order valence-electron chi connectivity index (χ2n) is 5.49. The monoisotopic (exact) mass is 265 g/mol. The van der Waals surface area contributed by atoms with Crippen molar-refractivity contribution in [2.45, 2.75) is 31.8 Å². The summed E-state index contributed by atoms with van der Waals surface area (Å²) in [7, 11) is 0. The minimum atomic E-state index is 0.138. The third-order valence-electron chi connectivity index (χ3n) is 4.46. The second kappa shape index (κ2) is 5.12. The molecule has 2 aromatic carbocycles. The summed E-state index contributed by atoms with van der Waals surface area (Å²) in [5.74, 6) is 0.244. The maximum atomic E-state index is 11.5. The van der Waals surface area contributed by atoms with Crippen LogP contribution in [-0.4, -0.2) is 17.4 Å². The van der Waals surface area contributed by atoms with Crippen molar-refractivity contribution in [2.24, 2.45) is 0 Å². The third kappa shape index (κ3) is 1.92. The first kappa shape index (κ1) is 12.9. The quantitative estimate of drug-likeness (QED) is 0.757. The van der Waals surface area contributed by atoms with Gasteiger partial charge in [-0.3, -0.25) is 4.79 Å². The average molecular weight is 265 g/mol.